The van der Waals surface area contributed by atoms with Gasteiger partial charge in [-0.3, -0.25) is 0 Å². The Balaban J connectivity index is 2.83. The van der Waals surface area contributed by atoms with Crippen molar-refractivity contribution in [2.75, 3.05) is 6.54 Å². The van der Waals surface area contributed by atoms with Gasteiger partial charge in [-0.25, -0.2) is 0 Å². The van der Waals surface area contributed by atoms with Gasteiger partial charge < -0.3 is 5.32 Å². The van der Waals surface area contributed by atoms with E-state index in [0.717, 1.165) is 11.2 Å². The molecule has 1 rings (SSSR count). The first-order valence-corrected chi connectivity index (χ1v) is 4.25. The van der Waals surface area contributed by atoms with Gasteiger partial charge in [-0.1, -0.05) is 15.9 Å². The van der Waals surface area contributed by atoms with Crippen molar-refractivity contribution in [3.05, 3.63) is 20.7 Å². The molecule has 1 heterocycles. The average molecular weight is 253 g/mol. The van der Waals surface area contributed by atoms with Crippen LogP contribution in [0.4, 0.5) is 0 Å². The van der Waals surface area contributed by atoms with Crippen molar-refractivity contribution in [3.63, 3.8) is 0 Å². The highest BCUT2D eigenvalue weighted by molar-refractivity contribution is 9.12. The van der Waals surface area contributed by atoms with E-state index in [-0.39, 0.29) is 0 Å². The third kappa shape index (κ3) is 1.83. The van der Waals surface area contributed by atoms with E-state index in [1.54, 1.807) is 0 Å². The predicted molar refractivity (Wildman–Crippen MR) is 46.6 cm³/mol. The van der Waals surface area contributed by atoms with Gasteiger partial charge in [0.05, 0.1) is 4.61 Å². The number of rotatable bonds is 0. The van der Waals surface area contributed by atoms with Crippen LogP contribution >= 0.6 is 31.9 Å². The van der Waals surface area contributed by atoms with E-state index < -0.39 is 0 Å². The summed E-state index contributed by atoms with van der Waals surface area (Å²) in [5.41, 5.74) is 1.23. The first-order chi connectivity index (χ1) is 4.20. The summed E-state index contributed by atoms with van der Waals surface area (Å²) in [4.78, 5) is 0. The summed E-state index contributed by atoms with van der Waals surface area (Å²) in [6.07, 6.45) is 2.10. The molecule has 0 aromatic rings. The lowest BCUT2D eigenvalue weighted by Gasteiger charge is -2.11. The van der Waals surface area contributed by atoms with E-state index in [9.17, 15) is 0 Å². The van der Waals surface area contributed by atoms with Gasteiger partial charge in [0.15, 0.2) is 0 Å². The van der Waals surface area contributed by atoms with Crippen molar-refractivity contribution in [3.8, 4) is 0 Å². The minimum Gasteiger partial charge on any atom is -0.375 e. The fourth-order valence-corrected chi connectivity index (χ4v) is 1.39. The Bertz CT molecular complexity index is 181. The van der Waals surface area contributed by atoms with E-state index in [2.05, 4.69) is 50.2 Å². The molecular weight excluding hydrogens is 246 g/mol. The molecule has 0 atom stereocenters. The van der Waals surface area contributed by atoms with Crippen molar-refractivity contribution < 1.29 is 0 Å². The molecule has 0 bridgehead atoms. The van der Waals surface area contributed by atoms with Gasteiger partial charge in [0.2, 0.25) is 0 Å². The third-order valence-electron chi connectivity index (χ3n) is 1.13. The van der Waals surface area contributed by atoms with Gasteiger partial charge in [0.1, 0.15) is 0 Å². The monoisotopic (exact) mass is 251 g/mol. The number of dihydropyridines is 1. The fourth-order valence-electron chi connectivity index (χ4n) is 0.651. The predicted octanol–water partition coefficient (Wildman–Crippen LogP) is 2.49. The quantitative estimate of drug-likeness (QED) is 0.654. The van der Waals surface area contributed by atoms with Crippen LogP contribution in [0.25, 0.3) is 0 Å². The first-order valence-electron chi connectivity index (χ1n) is 2.66. The zero-order valence-corrected chi connectivity index (χ0v) is 8.21. The lowest BCUT2D eigenvalue weighted by molar-refractivity contribution is 0.933. The van der Waals surface area contributed by atoms with Crippen LogP contribution in [-0.2, 0) is 0 Å². The molecule has 1 N–H and O–H groups in total. The largest absolute Gasteiger partial charge is 0.375 e. The molecule has 0 fully saturated rings. The van der Waals surface area contributed by atoms with Crippen LogP contribution in [0.5, 0.6) is 0 Å². The summed E-state index contributed by atoms with van der Waals surface area (Å²) >= 11 is 6.78. The number of allylic oxidation sites excluding steroid dienone is 2. The van der Waals surface area contributed by atoms with Crippen LogP contribution in [0.3, 0.4) is 0 Å². The Morgan fingerprint density at radius 2 is 2.22 bits per heavy atom. The van der Waals surface area contributed by atoms with E-state index in [1.165, 1.54) is 10.1 Å². The Labute approximate surface area is 71.5 Å². The normalized spacial score (nSPS) is 19.2. The van der Waals surface area contributed by atoms with Crippen molar-refractivity contribution in [1.29, 1.82) is 0 Å². The van der Waals surface area contributed by atoms with Gasteiger partial charge in [-0.2, -0.15) is 0 Å². The standard InChI is InChI=1S/C6H7Br2N/c1-4-2-5(7)3-9-6(4)8/h2,9H,3H2,1H3. The maximum atomic E-state index is 3.40. The molecule has 0 saturated carbocycles. The Morgan fingerprint density at radius 1 is 1.56 bits per heavy atom. The molecule has 3 heteroatoms. The highest BCUT2D eigenvalue weighted by atomic mass is 79.9. The molecule has 0 aromatic carbocycles. The van der Waals surface area contributed by atoms with Crippen LogP contribution in [-0.4, -0.2) is 6.54 Å². The van der Waals surface area contributed by atoms with E-state index in [1.807, 2.05) is 0 Å². The first kappa shape index (κ1) is 7.35. The van der Waals surface area contributed by atoms with Gasteiger partial charge in [0.25, 0.3) is 0 Å². The minimum absolute atomic E-state index is 0.887. The Morgan fingerprint density at radius 3 is 2.67 bits per heavy atom. The van der Waals surface area contributed by atoms with Gasteiger partial charge in [-0.15, -0.1) is 0 Å². The summed E-state index contributed by atoms with van der Waals surface area (Å²) in [6, 6.07) is 0. The smallest absolute Gasteiger partial charge is 0.0812 e. The zero-order valence-electron chi connectivity index (χ0n) is 5.04. The molecule has 1 aliphatic heterocycles. The molecule has 0 radical (unpaired) electrons. The topological polar surface area (TPSA) is 12.0 Å². The summed E-state index contributed by atoms with van der Waals surface area (Å²) < 4.78 is 2.29. The van der Waals surface area contributed by atoms with E-state index in [0.29, 0.717) is 0 Å². The molecule has 1 nitrogen and oxygen atoms in total. The lowest BCUT2D eigenvalue weighted by Crippen LogP contribution is -2.15. The second-order valence-corrected chi connectivity index (χ2v) is 3.75. The fraction of sp³-hybridized carbons (Fsp3) is 0.333. The third-order valence-corrected chi connectivity index (χ3v) is 2.55. The summed E-state index contributed by atoms with van der Waals surface area (Å²) in [5.74, 6) is 0. The van der Waals surface area contributed by atoms with E-state index in [4.69, 9.17) is 0 Å². The number of halogens is 2. The molecule has 50 valence electrons. The summed E-state index contributed by atoms with van der Waals surface area (Å²) in [5, 5.41) is 3.16. The second kappa shape index (κ2) is 2.88. The van der Waals surface area contributed by atoms with Crippen molar-refractivity contribution >= 4 is 31.9 Å². The van der Waals surface area contributed by atoms with Gasteiger partial charge >= 0.3 is 0 Å². The second-order valence-electron chi connectivity index (χ2n) is 1.94. The molecule has 0 spiro atoms. The van der Waals surface area contributed by atoms with Crippen molar-refractivity contribution in [2.45, 2.75) is 6.92 Å². The van der Waals surface area contributed by atoms with E-state index >= 15 is 0 Å². The maximum Gasteiger partial charge on any atom is 0.0812 e. The molecule has 0 unspecified atom stereocenters. The maximum absolute atomic E-state index is 3.40. The molecule has 0 amide bonds. The number of hydrogen-bond donors (Lipinski definition) is 1. The summed E-state index contributed by atoms with van der Waals surface area (Å²) in [6.45, 7) is 2.94. The van der Waals surface area contributed by atoms with Gasteiger partial charge in [0, 0.05) is 11.0 Å². The van der Waals surface area contributed by atoms with Crippen molar-refractivity contribution in [2.24, 2.45) is 0 Å². The van der Waals surface area contributed by atoms with Crippen LogP contribution < -0.4 is 5.32 Å². The molecular formula is C6H7Br2N. The SMILES string of the molecule is CC1=C(Br)NCC(Br)=C1. The van der Waals surface area contributed by atoms with Crippen molar-refractivity contribution in [1.82, 2.24) is 5.32 Å². The highest BCUT2D eigenvalue weighted by Crippen LogP contribution is 2.19. The average Bonchev–Trinajstić information content (AvgIpc) is 1.80. The van der Waals surface area contributed by atoms with Crippen LogP contribution in [0, 0.1) is 0 Å². The molecule has 1 aliphatic rings. The molecule has 0 aromatic heterocycles. The van der Waals surface area contributed by atoms with Crippen LogP contribution in [0.1, 0.15) is 6.92 Å². The molecule has 0 aliphatic carbocycles. The van der Waals surface area contributed by atoms with Gasteiger partial charge in [-0.05, 0) is 34.5 Å². The highest BCUT2D eigenvalue weighted by Gasteiger charge is 2.03. The zero-order chi connectivity index (χ0) is 6.85. The number of hydrogen-bond acceptors (Lipinski definition) is 1. The van der Waals surface area contributed by atoms with Crippen LogP contribution in [0.2, 0.25) is 0 Å². The number of nitrogens with one attached hydrogen (secondary N) is 1. The minimum atomic E-state index is 0.887. The molecule has 9 heavy (non-hydrogen) atoms. The Hall–Kier alpha value is 0.240. The van der Waals surface area contributed by atoms with Crippen LogP contribution in [0.15, 0.2) is 20.7 Å². The summed E-state index contributed by atoms with van der Waals surface area (Å²) in [7, 11) is 0. The molecule has 0 saturated heterocycles. The lowest BCUT2D eigenvalue weighted by atomic mass is 10.2. The Kier molecular flexibility index (Phi) is 2.35.